The highest BCUT2D eigenvalue weighted by Gasteiger charge is 2.33. The molecule has 2 rings (SSSR count). The van der Waals surface area contributed by atoms with Gasteiger partial charge in [-0.25, -0.2) is 0 Å². The van der Waals surface area contributed by atoms with Crippen LogP contribution in [0, 0.1) is 5.92 Å². The standard InChI is InChI=1S/C16H23N3O2/c1-2-11(9-17)7-15(20)19-10-13-6-4-3-5-12(13)8-14(19)16(18)21/h3-6,11,14H,2,7-10,17H2,1H3,(H2,18,21)/t11?,14-/m0/s1. The first kappa shape index (κ1) is 15.5. The van der Waals surface area contributed by atoms with Gasteiger partial charge in [0.15, 0.2) is 0 Å². The van der Waals surface area contributed by atoms with E-state index in [1.165, 1.54) is 0 Å². The number of rotatable bonds is 5. The van der Waals surface area contributed by atoms with Gasteiger partial charge in [-0.05, 0) is 23.6 Å². The van der Waals surface area contributed by atoms with E-state index in [2.05, 4.69) is 0 Å². The maximum atomic E-state index is 12.5. The zero-order chi connectivity index (χ0) is 15.4. The van der Waals surface area contributed by atoms with Crippen molar-refractivity contribution in [2.75, 3.05) is 6.54 Å². The average molecular weight is 289 g/mol. The minimum Gasteiger partial charge on any atom is -0.368 e. The summed E-state index contributed by atoms with van der Waals surface area (Å²) in [4.78, 5) is 25.8. The minimum atomic E-state index is -0.553. The lowest BCUT2D eigenvalue weighted by molar-refractivity contribution is -0.141. The van der Waals surface area contributed by atoms with Gasteiger partial charge in [-0.1, -0.05) is 37.6 Å². The second-order valence-corrected chi connectivity index (χ2v) is 5.63. The number of amides is 2. The first-order valence-electron chi connectivity index (χ1n) is 7.42. The molecule has 1 aliphatic rings. The Morgan fingerprint density at radius 2 is 2.00 bits per heavy atom. The lowest BCUT2D eigenvalue weighted by Gasteiger charge is -2.35. The molecule has 5 nitrogen and oxygen atoms in total. The van der Waals surface area contributed by atoms with E-state index >= 15 is 0 Å². The molecule has 114 valence electrons. The normalized spacial score (nSPS) is 19.0. The molecule has 0 saturated carbocycles. The summed E-state index contributed by atoms with van der Waals surface area (Å²) < 4.78 is 0. The van der Waals surface area contributed by atoms with Gasteiger partial charge in [0, 0.05) is 19.4 Å². The van der Waals surface area contributed by atoms with E-state index in [4.69, 9.17) is 11.5 Å². The predicted octanol–water partition coefficient (Wildman–Crippen LogP) is 0.800. The molecule has 0 radical (unpaired) electrons. The van der Waals surface area contributed by atoms with Crippen LogP contribution in [0.1, 0.15) is 30.9 Å². The van der Waals surface area contributed by atoms with Crippen LogP contribution in [-0.2, 0) is 22.6 Å². The molecule has 0 aliphatic carbocycles. The Labute approximate surface area is 125 Å². The van der Waals surface area contributed by atoms with E-state index in [0.29, 0.717) is 25.9 Å². The van der Waals surface area contributed by atoms with Gasteiger partial charge < -0.3 is 16.4 Å². The quantitative estimate of drug-likeness (QED) is 0.840. The minimum absolute atomic E-state index is 0.0365. The van der Waals surface area contributed by atoms with Crippen LogP contribution in [0.5, 0.6) is 0 Å². The topological polar surface area (TPSA) is 89.4 Å². The van der Waals surface area contributed by atoms with Crippen molar-refractivity contribution in [3.05, 3.63) is 35.4 Å². The third-order valence-electron chi connectivity index (χ3n) is 4.27. The van der Waals surface area contributed by atoms with Crippen molar-refractivity contribution in [2.45, 2.75) is 38.8 Å². The number of hydrogen-bond donors (Lipinski definition) is 2. The Morgan fingerprint density at radius 1 is 1.33 bits per heavy atom. The molecule has 1 heterocycles. The van der Waals surface area contributed by atoms with E-state index < -0.39 is 11.9 Å². The van der Waals surface area contributed by atoms with Crippen LogP contribution in [0.3, 0.4) is 0 Å². The lowest BCUT2D eigenvalue weighted by Crippen LogP contribution is -2.51. The third kappa shape index (κ3) is 3.42. The molecule has 4 N–H and O–H groups in total. The number of hydrogen-bond acceptors (Lipinski definition) is 3. The molecule has 1 unspecified atom stereocenters. The average Bonchev–Trinajstić information content (AvgIpc) is 2.50. The first-order chi connectivity index (χ1) is 10.1. The highest BCUT2D eigenvalue weighted by Crippen LogP contribution is 2.24. The van der Waals surface area contributed by atoms with Crippen molar-refractivity contribution in [3.63, 3.8) is 0 Å². The van der Waals surface area contributed by atoms with Crippen LogP contribution >= 0.6 is 0 Å². The van der Waals surface area contributed by atoms with E-state index in [9.17, 15) is 9.59 Å². The molecular formula is C16H23N3O2. The molecule has 2 atom stereocenters. The Balaban J connectivity index is 2.20. The Bertz CT molecular complexity index is 526. The molecule has 0 aromatic heterocycles. The number of fused-ring (bicyclic) bond motifs is 1. The van der Waals surface area contributed by atoms with Gasteiger partial charge in [0.2, 0.25) is 11.8 Å². The maximum absolute atomic E-state index is 12.5. The van der Waals surface area contributed by atoms with Gasteiger partial charge in [0.05, 0.1) is 0 Å². The summed E-state index contributed by atoms with van der Waals surface area (Å²) in [5.74, 6) is -0.326. The molecule has 1 aromatic rings. The fraction of sp³-hybridized carbons (Fsp3) is 0.500. The highest BCUT2D eigenvalue weighted by molar-refractivity contribution is 5.87. The van der Waals surface area contributed by atoms with Crippen molar-refractivity contribution in [1.29, 1.82) is 0 Å². The molecule has 0 fully saturated rings. The summed E-state index contributed by atoms with van der Waals surface area (Å²) in [6.07, 6.45) is 1.73. The number of benzene rings is 1. The van der Waals surface area contributed by atoms with Gasteiger partial charge >= 0.3 is 0 Å². The predicted molar refractivity (Wildman–Crippen MR) is 81.1 cm³/mol. The summed E-state index contributed by atoms with van der Waals surface area (Å²) >= 11 is 0. The SMILES string of the molecule is CCC(CN)CC(=O)N1Cc2ccccc2C[C@H]1C(N)=O. The summed E-state index contributed by atoms with van der Waals surface area (Å²) in [5, 5.41) is 0. The van der Waals surface area contributed by atoms with Crippen molar-refractivity contribution in [3.8, 4) is 0 Å². The molecule has 0 saturated heterocycles. The second-order valence-electron chi connectivity index (χ2n) is 5.63. The van der Waals surface area contributed by atoms with Crippen LogP contribution in [-0.4, -0.2) is 29.3 Å². The zero-order valence-corrected chi connectivity index (χ0v) is 12.4. The lowest BCUT2D eigenvalue weighted by atomic mass is 9.92. The molecule has 5 heteroatoms. The Hall–Kier alpha value is -1.88. The molecule has 1 aromatic carbocycles. The summed E-state index contributed by atoms with van der Waals surface area (Å²) in [5.41, 5.74) is 13.3. The van der Waals surface area contributed by atoms with Crippen LogP contribution in [0.4, 0.5) is 0 Å². The van der Waals surface area contributed by atoms with Crippen LogP contribution in [0.25, 0.3) is 0 Å². The zero-order valence-electron chi connectivity index (χ0n) is 12.4. The molecule has 0 bridgehead atoms. The fourth-order valence-corrected chi connectivity index (χ4v) is 2.80. The third-order valence-corrected chi connectivity index (χ3v) is 4.27. The first-order valence-corrected chi connectivity index (χ1v) is 7.42. The number of nitrogens with two attached hydrogens (primary N) is 2. The van der Waals surface area contributed by atoms with Gasteiger partial charge in [-0.15, -0.1) is 0 Å². The van der Waals surface area contributed by atoms with Crippen molar-refractivity contribution >= 4 is 11.8 Å². The van der Waals surface area contributed by atoms with E-state index in [-0.39, 0.29) is 11.8 Å². The number of nitrogens with zero attached hydrogens (tertiary/aromatic N) is 1. The van der Waals surface area contributed by atoms with Gasteiger partial charge in [0.1, 0.15) is 6.04 Å². The summed E-state index contributed by atoms with van der Waals surface area (Å²) in [7, 11) is 0. The van der Waals surface area contributed by atoms with E-state index in [1.54, 1.807) is 4.90 Å². The second kappa shape index (κ2) is 6.72. The van der Waals surface area contributed by atoms with Crippen molar-refractivity contribution in [1.82, 2.24) is 4.90 Å². The molecular weight excluding hydrogens is 266 g/mol. The fourth-order valence-electron chi connectivity index (χ4n) is 2.80. The molecule has 21 heavy (non-hydrogen) atoms. The highest BCUT2D eigenvalue weighted by atomic mass is 16.2. The Kier molecular flexibility index (Phi) is 4.96. The molecule has 1 aliphatic heterocycles. The van der Waals surface area contributed by atoms with E-state index in [0.717, 1.165) is 17.5 Å². The summed E-state index contributed by atoms with van der Waals surface area (Å²) in [6, 6.07) is 7.31. The maximum Gasteiger partial charge on any atom is 0.240 e. The summed E-state index contributed by atoms with van der Waals surface area (Å²) in [6.45, 7) is 2.94. The monoisotopic (exact) mass is 289 g/mol. The van der Waals surface area contributed by atoms with Crippen LogP contribution < -0.4 is 11.5 Å². The van der Waals surface area contributed by atoms with Crippen molar-refractivity contribution in [2.24, 2.45) is 17.4 Å². The van der Waals surface area contributed by atoms with E-state index in [1.807, 2.05) is 31.2 Å². The van der Waals surface area contributed by atoms with Gasteiger partial charge in [-0.2, -0.15) is 0 Å². The number of primary amides is 1. The smallest absolute Gasteiger partial charge is 0.240 e. The van der Waals surface area contributed by atoms with Gasteiger partial charge in [0.25, 0.3) is 0 Å². The number of carbonyl (C=O) groups is 2. The number of carbonyl (C=O) groups excluding carboxylic acids is 2. The van der Waals surface area contributed by atoms with Crippen LogP contribution in [0.15, 0.2) is 24.3 Å². The largest absolute Gasteiger partial charge is 0.368 e. The van der Waals surface area contributed by atoms with Crippen LogP contribution in [0.2, 0.25) is 0 Å². The molecule has 2 amide bonds. The molecule has 0 spiro atoms. The van der Waals surface area contributed by atoms with Crippen molar-refractivity contribution < 1.29 is 9.59 Å². The Morgan fingerprint density at radius 3 is 2.57 bits per heavy atom. The van der Waals surface area contributed by atoms with Gasteiger partial charge in [-0.3, -0.25) is 9.59 Å².